The minimum absolute atomic E-state index is 0.554. The number of benzene rings is 8. The van der Waals surface area contributed by atoms with E-state index < -0.39 is 5.41 Å². The van der Waals surface area contributed by atoms with Crippen LogP contribution in [-0.4, -0.2) is 0 Å². The quantitative estimate of drug-likeness (QED) is 0.182. The van der Waals surface area contributed by atoms with Crippen molar-refractivity contribution >= 4 is 27.8 Å². The molecule has 0 spiro atoms. The first kappa shape index (κ1) is 28.8. The fraction of sp³-hybridized carbons (Fsp3) is 0.0213. The molecule has 0 saturated heterocycles. The van der Waals surface area contributed by atoms with Gasteiger partial charge >= 0.3 is 0 Å². The maximum absolute atomic E-state index is 6.92. The molecule has 8 aromatic rings. The molecule has 0 radical (unpaired) electrons. The van der Waals surface area contributed by atoms with Crippen LogP contribution in [0.25, 0.3) is 21.9 Å². The second-order valence-corrected chi connectivity index (χ2v) is 12.5. The van der Waals surface area contributed by atoms with Crippen molar-refractivity contribution in [1.82, 2.24) is 0 Å². The summed E-state index contributed by atoms with van der Waals surface area (Å²) in [5.41, 5.74) is 9.63. The maximum Gasteiger partial charge on any atom is 0.140 e. The van der Waals surface area contributed by atoms with Crippen molar-refractivity contribution < 1.29 is 4.74 Å². The van der Waals surface area contributed by atoms with Gasteiger partial charge in [0.25, 0.3) is 0 Å². The van der Waals surface area contributed by atoms with Gasteiger partial charge in [0.1, 0.15) is 11.5 Å². The summed E-state index contributed by atoms with van der Waals surface area (Å²) < 4.78 is 6.92. The third kappa shape index (κ3) is 4.72. The minimum atomic E-state index is -0.554. The molecule has 1 aliphatic heterocycles. The SMILES string of the molecule is c1ccc(N(c2ccc(-c3cccc4c3Oc3ccccc3C4(c3ccccc3)c3ccccc3)cc2)c2cccc3ccccc23)cc1. The van der Waals surface area contributed by atoms with E-state index >= 15 is 0 Å². The van der Waals surface area contributed by atoms with Crippen LogP contribution in [0.4, 0.5) is 17.1 Å². The number of para-hydroxylation sites is 3. The first-order chi connectivity index (χ1) is 24.3. The minimum Gasteiger partial charge on any atom is -0.456 e. The van der Waals surface area contributed by atoms with Crippen LogP contribution >= 0.6 is 0 Å². The molecule has 1 heterocycles. The Morgan fingerprint density at radius 1 is 0.408 bits per heavy atom. The summed E-state index contributed by atoms with van der Waals surface area (Å²) in [5.74, 6) is 1.76. The van der Waals surface area contributed by atoms with E-state index in [4.69, 9.17) is 4.74 Å². The Labute approximate surface area is 287 Å². The van der Waals surface area contributed by atoms with Crippen LogP contribution in [0.2, 0.25) is 0 Å². The molecule has 0 aliphatic carbocycles. The predicted molar refractivity (Wildman–Crippen MR) is 202 cm³/mol. The van der Waals surface area contributed by atoms with Crippen molar-refractivity contribution in [2.45, 2.75) is 5.41 Å². The average molecular weight is 628 g/mol. The summed E-state index contributed by atoms with van der Waals surface area (Å²) in [6.07, 6.45) is 0. The first-order valence-corrected chi connectivity index (χ1v) is 16.8. The number of rotatable bonds is 6. The van der Waals surface area contributed by atoms with Gasteiger partial charge in [-0.2, -0.15) is 0 Å². The second kappa shape index (κ2) is 12.0. The van der Waals surface area contributed by atoms with Gasteiger partial charge in [-0.15, -0.1) is 0 Å². The zero-order valence-electron chi connectivity index (χ0n) is 26.9. The largest absolute Gasteiger partial charge is 0.456 e. The van der Waals surface area contributed by atoms with Gasteiger partial charge in [-0.05, 0) is 58.5 Å². The highest BCUT2D eigenvalue weighted by molar-refractivity contribution is 5.99. The van der Waals surface area contributed by atoms with Crippen LogP contribution in [-0.2, 0) is 5.41 Å². The van der Waals surface area contributed by atoms with Gasteiger partial charge in [0.15, 0.2) is 0 Å². The van der Waals surface area contributed by atoms with Crippen LogP contribution in [0, 0.1) is 0 Å². The van der Waals surface area contributed by atoms with Gasteiger partial charge < -0.3 is 9.64 Å². The van der Waals surface area contributed by atoms with Crippen molar-refractivity contribution in [2.24, 2.45) is 0 Å². The fourth-order valence-electron chi connectivity index (χ4n) is 7.65. The number of fused-ring (bicyclic) bond motifs is 3. The number of ether oxygens (including phenoxy) is 1. The topological polar surface area (TPSA) is 12.5 Å². The van der Waals surface area contributed by atoms with Gasteiger partial charge in [0.05, 0.1) is 11.1 Å². The highest BCUT2D eigenvalue weighted by Gasteiger charge is 2.45. The highest BCUT2D eigenvalue weighted by Crippen LogP contribution is 2.57. The lowest BCUT2D eigenvalue weighted by Crippen LogP contribution is -2.34. The van der Waals surface area contributed by atoms with Crippen LogP contribution in [0.1, 0.15) is 22.3 Å². The Morgan fingerprint density at radius 3 is 1.69 bits per heavy atom. The van der Waals surface area contributed by atoms with E-state index in [2.05, 4.69) is 205 Å². The molecule has 0 saturated carbocycles. The molecule has 0 N–H and O–H groups in total. The molecule has 232 valence electrons. The Balaban J connectivity index is 1.22. The summed E-state index contributed by atoms with van der Waals surface area (Å²) >= 11 is 0. The molecule has 9 rings (SSSR count). The monoisotopic (exact) mass is 627 g/mol. The third-order valence-electron chi connectivity index (χ3n) is 9.79. The first-order valence-electron chi connectivity index (χ1n) is 16.8. The number of anilines is 3. The molecular formula is C47H33NO. The van der Waals surface area contributed by atoms with E-state index in [1.165, 1.54) is 21.9 Å². The Morgan fingerprint density at radius 2 is 0.959 bits per heavy atom. The molecule has 49 heavy (non-hydrogen) atoms. The molecular weight excluding hydrogens is 595 g/mol. The van der Waals surface area contributed by atoms with E-state index in [0.29, 0.717) is 0 Å². The number of hydrogen-bond acceptors (Lipinski definition) is 2. The number of hydrogen-bond donors (Lipinski definition) is 0. The fourth-order valence-corrected chi connectivity index (χ4v) is 7.65. The van der Waals surface area contributed by atoms with E-state index in [0.717, 1.165) is 50.8 Å². The predicted octanol–water partition coefficient (Wildman–Crippen LogP) is 12.5. The molecule has 2 nitrogen and oxygen atoms in total. The van der Waals surface area contributed by atoms with Gasteiger partial charge in [-0.3, -0.25) is 0 Å². The average Bonchev–Trinajstić information content (AvgIpc) is 3.18. The van der Waals surface area contributed by atoms with Gasteiger partial charge in [0, 0.05) is 33.5 Å². The lowest BCUT2D eigenvalue weighted by molar-refractivity contribution is 0.436. The zero-order valence-corrected chi connectivity index (χ0v) is 26.9. The molecule has 0 unspecified atom stereocenters. The number of nitrogens with zero attached hydrogens (tertiary/aromatic N) is 1. The van der Waals surface area contributed by atoms with Crippen molar-refractivity contribution in [3.8, 4) is 22.6 Å². The third-order valence-corrected chi connectivity index (χ3v) is 9.79. The van der Waals surface area contributed by atoms with Gasteiger partial charge in [0.2, 0.25) is 0 Å². The Hall–Kier alpha value is -6.38. The zero-order chi connectivity index (χ0) is 32.6. The van der Waals surface area contributed by atoms with Crippen LogP contribution < -0.4 is 9.64 Å². The van der Waals surface area contributed by atoms with E-state index in [1.54, 1.807) is 0 Å². The standard InChI is InChI=1S/C47H33NO/c1-4-18-36(19-5-1)47(37-20-6-2-7-21-37)42-26-12-13-29-45(42)49-46-41(25-15-27-43(46)47)35-30-32-39(33-31-35)48(38-22-8-3-9-23-38)44-28-14-17-34-16-10-11-24-40(34)44/h1-33H. The van der Waals surface area contributed by atoms with Crippen molar-refractivity contribution in [2.75, 3.05) is 4.90 Å². The van der Waals surface area contributed by atoms with Crippen LogP contribution in [0.15, 0.2) is 200 Å². The molecule has 1 aliphatic rings. The van der Waals surface area contributed by atoms with E-state index in [1.807, 2.05) is 0 Å². The lowest BCUT2D eigenvalue weighted by atomic mass is 9.63. The molecule has 0 aromatic heterocycles. The molecule has 0 fully saturated rings. The Kier molecular flexibility index (Phi) is 7.06. The summed E-state index contributed by atoms with van der Waals surface area (Å²) in [6, 6.07) is 71.3. The molecule has 0 bridgehead atoms. The normalized spacial score (nSPS) is 12.8. The molecule has 2 heteroatoms. The van der Waals surface area contributed by atoms with Gasteiger partial charge in [-0.1, -0.05) is 164 Å². The van der Waals surface area contributed by atoms with Crippen LogP contribution in [0.5, 0.6) is 11.5 Å². The van der Waals surface area contributed by atoms with E-state index in [-0.39, 0.29) is 0 Å². The summed E-state index contributed by atoms with van der Waals surface area (Å²) in [5, 5.41) is 2.42. The molecule has 0 atom stereocenters. The summed E-state index contributed by atoms with van der Waals surface area (Å²) in [4.78, 5) is 2.34. The lowest BCUT2D eigenvalue weighted by Gasteiger charge is -2.42. The Bertz CT molecular complexity index is 2360. The molecule has 8 aromatic carbocycles. The van der Waals surface area contributed by atoms with Crippen LogP contribution in [0.3, 0.4) is 0 Å². The van der Waals surface area contributed by atoms with E-state index in [9.17, 15) is 0 Å². The van der Waals surface area contributed by atoms with Crippen molar-refractivity contribution in [3.05, 3.63) is 222 Å². The summed E-state index contributed by atoms with van der Waals surface area (Å²) in [6.45, 7) is 0. The van der Waals surface area contributed by atoms with Crippen molar-refractivity contribution in [3.63, 3.8) is 0 Å². The maximum atomic E-state index is 6.92. The van der Waals surface area contributed by atoms with Gasteiger partial charge in [-0.25, -0.2) is 0 Å². The molecule has 0 amide bonds. The smallest absolute Gasteiger partial charge is 0.140 e. The summed E-state index contributed by atoms with van der Waals surface area (Å²) in [7, 11) is 0. The van der Waals surface area contributed by atoms with Crippen molar-refractivity contribution in [1.29, 1.82) is 0 Å². The second-order valence-electron chi connectivity index (χ2n) is 12.5. The highest BCUT2D eigenvalue weighted by atomic mass is 16.5.